The van der Waals surface area contributed by atoms with Gasteiger partial charge in [-0.1, -0.05) is 0 Å². The summed E-state index contributed by atoms with van der Waals surface area (Å²) in [5.74, 6) is 1.48. The zero-order valence-electron chi connectivity index (χ0n) is 10.7. The Kier molecular flexibility index (Phi) is 2.10. The van der Waals surface area contributed by atoms with Gasteiger partial charge in [0, 0.05) is 6.54 Å². The minimum Gasteiger partial charge on any atom is -0.342 e. The summed E-state index contributed by atoms with van der Waals surface area (Å²) in [4.78, 5) is 26.0. The van der Waals surface area contributed by atoms with Crippen LogP contribution in [0.5, 0.6) is 0 Å². The van der Waals surface area contributed by atoms with Crippen molar-refractivity contribution in [2.75, 3.05) is 13.1 Å². The van der Waals surface area contributed by atoms with Gasteiger partial charge in [0.05, 0.1) is 6.54 Å². The first-order chi connectivity index (χ1) is 8.68. The molecule has 1 unspecified atom stereocenters. The highest BCUT2D eigenvalue weighted by Crippen LogP contribution is 2.61. The lowest BCUT2D eigenvalue weighted by molar-refractivity contribution is -0.145. The van der Waals surface area contributed by atoms with Crippen LogP contribution in [0.1, 0.15) is 38.5 Å². The van der Waals surface area contributed by atoms with Crippen molar-refractivity contribution in [2.45, 2.75) is 44.6 Å². The predicted molar refractivity (Wildman–Crippen MR) is 65.6 cm³/mol. The first-order valence-electron chi connectivity index (χ1n) is 7.26. The number of hydrogen-bond donors (Lipinski definition) is 1. The van der Waals surface area contributed by atoms with Crippen molar-refractivity contribution in [3.05, 3.63) is 0 Å². The second kappa shape index (κ2) is 3.49. The summed E-state index contributed by atoms with van der Waals surface area (Å²) < 4.78 is 0. The van der Waals surface area contributed by atoms with Crippen LogP contribution in [-0.4, -0.2) is 35.8 Å². The normalized spacial score (nSPS) is 34.4. The standard InChI is InChI=1S/C14H20N2O2/c17-11-7-16(8-14(5-6-14)10-3-4-10)13(18)12(15-11)9-1-2-9/h9-10,12H,1-8H2,(H,15,17). The molecule has 0 bridgehead atoms. The fourth-order valence-electron chi connectivity index (χ4n) is 3.54. The zero-order valence-corrected chi connectivity index (χ0v) is 10.7. The molecule has 0 spiro atoms. The maximum Gasteiger partial charge on any atom is 0.245 e. The van der Waals surface area contributed by atoms with E-state index in [4.69, 9.17) is 0 Å². The van der Waals surface area contributed by atoms with Gasteiger partial charge in [-0.25, -0.2) is 0 Å². The number of carbonyl (C=O) groups is 2. The lowest BCUT2D eigenvalue weighted by Crippen LogP contribution is -2.59. The third-order valence-electron chi connectivity index (χ3n) is 5.16. The molecule has 1 heterocycles. The van der Waals surface area contributed by atoms with Gasteiger partial charge in [-0.3, -0.25) is 9.59 Å². The van der Waals surface area contributed by atoms with Crippen LogP contribution >= 0.6 is 0 Å². The first-order valence-corrected chi connectivity index (χ1v) is 7.26. The Hall–Kier alpha value is -1.06. The van der Waals surface area contributed by atoms with Crippen LogP contribution < -0.4 is 5.32 Å². The summed E-state index contributed by atoms with van der Waals surface area (Å²) in [5.41, 5.74) is 0.404. The summed E-state index contributed by atoms with van der Waals surface area (Å²) >= 11 is 0. The van der Waals surface area contributed by atoms with Crippen molar-refractivity contribution in [1.82, 2.24) is 10.2 Å². The highest BCUT2D eigenvalue weighted by atomic mass is 16.2. The van der Waals surface area contributed by atoms with Crippen LogP contribution in [0.15, 0.2) is 0 Å². The van der Waals surface area contributed by atoms with Gasteiger partial charge in [0.15, 0.2) is 0 Å². The fraction of sp³-hybridized carbons (Fsp3) is 0.857. The monoisotopic (exact) mass is 248 g/mol. The third kappa shape index (κ3) is 1.73. The van der Waals surface area contributed by atoms with Crippen LogP contribution in [0.25, 0.3) is 0 Å². The average molecular weight is 248 g/mol. The summed E-state index contributed by atoms with van der Waals surface area (Å²) in [5, 5.41) is 2.88. The van der Waals surface area contributed by atoms with Crippen molar-refractivity contribution in [3.63, 3.8) is 0 Å². The maximum absolute atomic E-state index is 12.4. The quantitative estimate of drug-likeness (QED) is 0.804. The van der Waals surface area contributed by atoms with Crippen LogP contribution in [0.2, 0.25) is 0 Å². The van der Waals surface area contributed by atoms with E-state index in [2.05, 4.69) is 5.32 Å². The van der Waals surface area contributed by atoms with E-state index in [-0.39, 0.29) is 24.4 Å². The Morgan fingerprint density at radius 3 is 2.44 bits per heavy atom. The van der Waals surface area contributed by atoms with E-state index in [1.807, 2.05) is 4.90 Å². The van der Waals surface area contributed by atoms with Crippen molar-refractivity contribution in [1.29, 1.82) is 0 Å². The molecule has 1 saturated heterocycles. The maximum atomic E-state index is 12.4. The molecule has 18 heavy (non-hydrogen) atoms. The number of nitrogens with one attached hydrogen (secondary N) is 1. The van der Waals surface area contributed by atoms with E-state index >= 15 is 0 Å². The van der Waals surface area contributed by atoms with Crippen LogP contribution in [0, 0.1) is 17.3 Å². The second-order valence-electron chi connectivity index (χ2n) is 6.71. The summed E-state index contributed by atoms with van der Waals surface area (Å²) in [6.07, 6.45) is 7.38. The molecule has 3 saturated carbocycles. The molecule has 4 heteroatoms. The lowest BCUT2D eigenvalue weighted by atomic mass is 9.98. The number of piperazine rings is 1. The van der Waals surface area contributed by atoms with Gasteiger partial charge in [-0.2, -0.15) is 0 Å². The number of rotatable bonds is 4. The highest BCUT2D eigenvalue weighted by Gasteiger charge is 2.56. The number of hydrogen-bond acceptors (Lipinski definition) is 2. The zero-order chi connectivity index (χ0) is 12.3. The first kappa shape index (κ1) is 10.8. The molecule has 4 nitrogen and oxygen atoms in total. The molecule has 3 aliphatic carbocycles. The van der Waals surface area contributed by atoms with Crippen LogP contribution in [-0.2, 0) is 9.59 Å². The lowest BCUT2D eigenvalue weighted by Gasteiger charge is -2.35. The van der Waals surface area contributed by atoms with Crippen molar-refractivity contribution >= 4 is 11.8 Å². The molecular weight excluding hydrogens is 228 g/mol. The van der Waals surface area contributed by atoms with Crippen molar-refractivity contribution in [2.24, 2.45) is 17.3 Å². The molecule has 2 amide bonds. The van der Waals surface area contributed by atoms with Gasteiger partial charge >= 0.3 is 0 Å². The Morgan fingerprint density at radius 1 is 1.17 bits per heavy atom. The molecule has 0 aromatic heterocycles. The van der Waals surface area contributed by atoms with Gasteiger partial charge in [0.2, 0.25) is 11.8 Å². The van der Waals surface area contributed by atoms with Crippen LogP contribution in [0.3, 0.4) is 0 Å². The largest absolute Gasteiger partial charge is 0.342 e. The topological polar surface area (TPSA) is 49.4 Å². The SMILES string of the molecule is O=C1CN(CC2(C3CC3)CC2)C(=O)C(C2CC2)N1. The highest BCUT2D eigenvalue weighted by molar-refractivity contribution is 5.95. The molecule has 1 N–H and O–H groups in total. The van der Waals surface area contributed by atoms with Gasteiger partial charge in [0.1, 0.15) is 6.04 Å². The molecule has 0 aromatic carbocycles. The van der Waals surface area contributed by atoms with Crippen LogP contribution in [0.4, 0.5) is 0 Å². The molecule has 4 fully saturated rings. The van der Waals surface area contributed by atoms with Crippen molar-refractivity contribution < 1.29 is 9.59 Å². The van der Waals surface area contributed by atoms with E-state index in [1.165, 1.54) is 25.7 Å². The molecule has 1 aliphatic heterocycles. The predicted octanol–water partition coefficient (Wildman–Crippen LogP) is 0.914. The van der Waals surface area contributed by atoms with E-state index in [9.17, 15) is 9.59 Å². The Labute approximate surface area is 107 Å². The number of amides is 2. The summed E-state index contributed by atoms with van der Waals surface area (Å²) in [6.45, 7) is 1.13. The molecule has 4 aliphatic rings. The molecule has 0 aromatic rings. The third-order valence-corrected chi connectivity index (χ3v) is 5.16. The minimum absolute atomic E-state index is 0.0399. The van der Waals surface area contributed by atoms with Crippen molar-refractivity contribution in [3.8, 4) is 0 Å². The molecule has 0 radical (unpaired) electrons. The second-order valence-corrected chi connectivity index (χ2v) is 6.71. The van der Waals surface area contributed by atoms with E-state index < -0.39 is 0 Å². The van der Waals surface area contributed by atoms with E-state index in [0.717, 1.165) is 25.3 Å². The molecule has 98 valence electrons. The molecule has 1 atom stereocenters. The van der Waals surface area contributed by atoms with Gasteiger partial charge in [0.25, 0.3) is 0 Å². The number of nitrogens with zero attached hydrogens (tertiary/aromatic N) is 1. The fourth-order valence-corrected chi connectivity index (χ4v) is 3.54. The molecule has 4 rings (SSSR count). The smallest absolute Gasteiger partial charge is 0.245 e. The minimum atomic E-state index is -0.207. The number of carbonyl (C=O) groups excluding carboxylic acids is 2. The Balaban J connectivity index is 1.48. The average Bonchev–Trinajstić information content (AvgIpc) is 3.18. The Bertz CT molecular complexity index is 408. The molecular formula is C14H20N2O2. The Morgan fingerprint density at radius 2 is 1.89 bits per heavy atom. The van der Waals surface area contributed by atoms with Gasteiger partial charge < -0.3 is 10.2 Å². The van der Waals surface area contributed by atoms with Gasteiger partial charge in [-0.15, -0.1) is 0 Å². The summed E-state index contributed by atoms with van der Waals surface area (Å²) in [6, 6.07) is -0.207. The van der Waals surface area contributed by atoms with E-state index in [1.54, 1.807) is 0 Å². The summed E-state index contributed by atoms with van der Waals surface area (Å²) in [7, 11) is 0. The van der Waals surface area contributed by atoms with E-state index in [0.29, 0.717) is 11.3 Å². The van der Waals surface area contributed by atoms with Gasteiger partial charge in [-0.05, 0) is 55.8 Å².